The van der Waals surface area contributed by atoms with Crippen LogP contribution in [0.5, 0.6) is 5.75 Å². The Morgan fingerprint density at radius 1 is 1.08 bits per heavy atom. The van der Waals surface area contributed by atoms with Crippen LogP contribution in [-0.4, -0.2) is 85.6 Å². The lowest BCUT2D eigenvalue weighted by Crippen LogP contribution is -2.53. The lowest BCUT2D eigenvalue weighted by molar-refractivity contribution is -0.139. The van der Waals surface area contributed by atoms with E-state index >= 15 is 0 Å². The summed E-state index contributed by atoms with van der Waals surface area (Å²) in [5, 5.41) is 4.88. The van der Waals surface area contributed by atoms with Crippen LogP contribution < -0.4 is 10.1 Å². The number of amides is 3. The van der Waals surface area contributed by atoms with Gasteiger partial charge in [0.2, 0.25) is 0 Å². The number of likely N-dealkylation sites (N-methyl/N-ethyl adjacent to an activating group) is 1. The zero-order chi connectivity index (χ0) is 25.7. The number of carbonyl (C=O) groups is 3. The molecule has 2 aromatic rings. The quantitative estimate of drug-likeness (QED) is 0.547. The molecule has 1 saturated heterocycles. The van der Waals surface area contributed by atoms with Crippen molar-refractivity contribution in [3.05, 3.63) is 63.5 Å². The van der Waals surface area contributed by atoms with Gasteiger partial charge in [0.15, 0.2) is 0 Å². The second kappa shape index (κ2) is 11.6. The van der Waals surface area contributed by atoms with Gasteiger partial charge in [-0.05, 0) is 43.0 Å². The number of piperazine rings is 1. The largest absolute Gasteiger partial charge is 0.497 e. The minimum atomic E-state index is -0.637. The molecule has 192 valence electrons. The van der Waals surface area contributed by atoms with Crippen molar-refractivity contribution in [2.75, 3.05) is 53.0 Å². The molecule has 1 aromatic carbocycles. The van der Waals surface area contributed by atoms with Crippen LogP contribution >= 0.6 is 11.3 Å². The molecule has 4 rings (SSSR count). The summed E-state index contributed by atoms with van der Waals surface area (Å²) in [6, 6.07) is 10.1. The maximum absolute atomic E-state index is 13.2. The first-order valence-electron chi connectivity index (χ1n) is 12.1. The predicted octanol–water partition coefficient (Wildman–Crippen LogP) is 3.12. The summed E-state index contributed by atoms with van der Waals surface area (Å²) in [6.07, 6.45) is 0. The summed E-state index contributed by atoms with van der Waals surface area (Å²) in [6.45, 7) is 7.15. The molecular formula is C26H32N4O5S. The molecule has 0 radical (unpaired) electrons. The van der Waals surface area contributed by atoms with E-state index in [4.69, 9.17) is 9.47 Å². The maximum Gasteiger partial charge on any atom is 0.338 e. The molecule has 1 N–H and O–H groups in total. The van der Waals surface area contributed by atoms with Gasteiger partial charge in [-0.2, -0.15) is 0 Å². The fraction of sp³-hybridized carbons (Fsp3) is 0.423. The Kier molecular flexibility index (Phi) is 8.27. The van der Waals surface area contributed by atoms with Crippen molar-refractivity contribution in [3.8, 4) is 5.75 Å². The highest BCUT2D eigenvalue weighted by Gasteiger charge is 2.38. The van der Waals surface area contributed by atoms with Gasteiger partial charge in [0, 0.05) is 45.0 Å². The third-order valence-electron chi connectivity index (χ3n) is 6.46. The summed E-state index contributed by atoms with van der Waals surface area (Å²) >= 11 is 1.44. The molecule has 0 saturated carbocycles. The highest BCUT2D eigenvalue weighted by Crippen LogP contribution is 2.33. The van der Waals surface area contributed by atoms with Crippen LogP contribution in [-0.2, 0) is 9.53 Å². The molecule has 0 spiro atoms. The van der Waals surface area contributed by atoms with E-state index in [-0.39, 0.29) is 18.5 Å². The van der Waals surface area contributed by atoms with E-state index < -0.39 is 12.0 Å². The number of thiophene rings is 1. The molecule has 1 atom stereocenters. The Hall–Kier alpha value is -3.37. The molecule has 36 heavy (non-hydrogen) atoms. The summed E-state index contributed by atoms with van der Waals surface area (Å²) in [5.41, 5.74) is 1.84. The van der Waals surface area contributed by atoms with Crippen LogP contribution in [0.15, 0.2) is 53.0 Å². The van der Waals surface area contributed by atoms with Gasteiger partial charge in [0.05, 0.1) is 30.2 Å². The highest BCUT2D eigenvalue weighted by atomic mass is 32.1. The first-order chi connectivity index (χ1) is 17.5. The Morgan fingerprint density at radius 2 is 1.81 bits per heavy atom. The molecule has 1 aromatic heterocycles. The Labute approximate surface area is 215 Å². The number of hydrogen-bond donors (Lipinski definition) is 1. The lowest BCUT2D eigenvalue weighted by atomic mass is 9.94. The maximum atomic E-state index is 13.2. The number of urea groups is 1. The third kappa shape index (κ3) is 5.39. The Morgan fingerprint density at radius 3 is 2.39 bits per heavy atom. The normalized spacial score (nSPS) is 18.8. The number of hydrogen-bond acceptors (Lipinski definition) is 7. The second-order valence-electron chi connectivity index (χ2n) is 8.53. The SMILES string of the molecule is CCOC(=O)C1=C(CN2CCN(C(=O)c3cccs3)CC2)N(CC)C(=O)NC1c1ccc(OC)cc1. The van der Waals surface area contributed by atoms with Gasteiger partial charge in [0.25, 0.3) is 5.91 Å². The van der Waals surface area contributed by atoms with Gasteiger partial charge >= 0.3 is 12.0 Å². The zero-order valence-corrected chi connectivity index (χ0v) is 21.7. The molecule has 2 aliphatic rings. The first-order valence-corrected chi connectivity index (χ1v) is 13.0. The van der Waals surface area contributed by atoms with E-state index in [1.54, 1.807) is 31.1 Å². The molecule has 0 aliphatic carbocycles. The summed E-state index contributed by atoms with van der Waals surface area (Å²) in [4.78, 5) is 45.5. The van der Waals surface area contributed by atoms with Gasteiger partial charge in [-0.1, -0.05) is 18.2 Å². The lowest BCUT2D eigenvalue weighted by Gasteiger charge is -2.40. The Bertz CT molecular complexity index is 1110. The first kappa shape index (κ1) is 25.7. The zero-order valence-electron chi connectivity index (χ0n) is 20.9. The second-order valence-corrected chi connectivity index (χ2v) is 9.47. The average molecular weight is 513 g/mol. The minimum Gasteiger partial charge on any atom is -0.497 e. The molecule has 9 nitrogen and oxygen atoms in total. The van der Waals surface area contributed by atoms with E-state index in [2.05, 4.69) is 10.2 Å². The summed E-state index contributed by atoms with van der Waals surface area (Å²) in [7, 11) is 1.59. The summed E-state index contributed by atoms with van der Waals surface area (Å²) < 4.78 is 10.7. The van der Waals surface area contributed by atoms with E-state index in [9.17, 15) is 14.4 Å². The van der Waals surface area contributed by atoms with Crippen molar-refractivity contribution in [3.63, 3.8) is 0 Å². The number of ether oxygens (including phenoxy) is 2. The molecule has 1 unspecified atom stereocenters. The van der Waals surface area contributed by atoms with Crippen molar-refractivity contribution in [1.29, 1.82) is 0 Å². The molecule has 3 heterocycles. The smallest absolute Gasteiger partial charge is 0.338 e. The number of rotatable bonds is 8. The van der Waals surface area contributed by atoms with Gasteiger partial charge in [-0.15, -0.1) is 11.3 Å². The number of methoxy groups -OCH3 is 1. The number of benzene rings is 1. The molecule has 2 aliphatic heterocycles. The molecule has 0 bridgehead atoms. The van der Waals surface area contributed by atoms with Crippen LogP contribution in [0, 0.1) is 0 Å². The van der Waals surface area contributed by atoms with Gasteiger partial charge in [-0.25, -0.2) is 9.59 Å². The fourth-order valence-corrected chi connectivity index (χ4v) is 5.27. The van der Waals surface area contributed by atoms with Crippen LogP contribution in [0.4, 0.5) is 4.79 Å². The van der Waals surface area contributed by atoms with Crippen molar-refractivity contribution in [1.82, 2.24) is 20.0 Å². The van der Waals surface area contributed by atoms with Gasteiger partial charge in [0.1, 0.15) is 5.75 Å². The van der Waals surface area contributed by atoms with Crippen LogP contribution in [0.3, 0.4) is 0 Å². The number of nitrogens with zero attached hydrogens (tertiary/aromatic N) is 3. The van der Waals surface area contributed by atoms with Crippen LogP contribution in [0.2, 0.25) is 0 Å². The average Bonchev–Trinajstić information content (AvgIpc) is 3.44. The van der Waals surface area contributed by atoms with Crippen molar-refractivity contribution < 1.29 is 23.9 Å². The predicted molar refractivity (Wildman–Crippen MR) is 137 cm³/mol. The number of carbonyl (C=O) groups excluding carboxylic acids is 3. The van der Waals surface area contributed by atoms with E-state index in [0.717, 1.165) is 10.4 Å². The van der Waals surface area contributed by atoms with Crippen molar-refractivity contribution in [2.45, 2.75) is 19.9 Å². The molecule has 10 heteroatoms. The van der Waals surface area contributed by atoms with Crippen LogP contribution in [0.25, 0.3) is 0 Å². The Balaban J connectivity index is 1.61. The fourth-order valence-electron chi connectivity index (χ4n) is 4.58. The highest BCUT2D eigenvalue weighted by molar-refractivity contribution is 7.12. The van der Waals surface area contributed by atoms with Crippen molar-refractivity contribution in [2.24, 2.45) is 0 Å². The molecule has 1 fully saturated rings. The van der Waals surface area contributed by atoms with E-state index in [1.807, 2.05) is 41.5 Å². The molecule has 3 amide bonds. The van der Waals surface area contributed by atoms with Crippen LogP contribution in [0.1, 0.15) is 35.1 Å². The standard InChI is InChI=1S/C26H32N4O5S/c1-4-30-20(17-28-12-14-29(15-13-28)24(31)21-7-6-16-36-21)22(25(32)35-5-2)23(27-26(30)33)18-8-10-19(34-3)11-9-18/h6-11,16,23H,4-5,12-15,17H2,1-3H3,(H,27,33). The topological polar surface area (TPSA) is 91.4 Å². The molecular weight excluding hydrogens is 480 g/mol. The van der Waals surface area contributed by atoms with Gasteiger partial charge in [-0.3, -0.25) is 14.6 Å². The monoisotopic (exact) mass is 512 g/mol. The summed E-state index contributed by atoms with van der Waals surface area (Å²) in [5.74, 6) is 0.286. The number of esters is 1. The van der Waals surface area contributed by atoms with E-state index in [1.165, 1.54) is 11.3 Å². The third-order valence-corrected chi connectivity index (χ3v) is 7.32. The van der Waals surface area contributed by atoms with Crippen molar-refractivity contribution >= 4 is 29.2 Å². The number of nitrogens with one attached hydrogen (secondary N) is 1. The van der Waals surface area contributed by atoms with E-state index in [0.29, 0.717) is 56.3 Å². The van der Waals surface area contributed by atoms with Gasteiger partial charge < -0.3 is 19.7 Å². The minimum absolute atomic E-state index is 0.0443.